The summed E-state index contributed by atoms with van der Waals surface area (Å²) in [6.07, 6.45) is 5.35. The lowest BCUT2D eigenvalue weighted by Gasteiger charge is -2.50. The van der Waals surface area contributed by atoms with Gasteiger partial charge in [-0.2, -0.15) is 0 Å². The number of amides is 2. The van der Waals surface area contributed by atoms with Crippen molar-refractivity contribution in [3.8, 4) is 10.6 Å². The molecule has 3 aromatic rings. The van der Waals surface area contributed by atoms with E-state index in [1.165, 1.54) is 28.5 Å². The van der Waals surface area contributed by atoms with Crippen molar-refractivity contribution < 1.29 is 29.3 Å². The summed E-state index contributed by atoms with van der Waals surface area (Å²) >= 11 is 3.89. The largest absolute Gasteiger partial charge is 0.543 e. The van der Waals surface area contributed by atoms with E-state index in [-0.39, 0.29) is 23.1 Å². The number of nitrogens with two attached hydrogens (primary N) is 1. The molecule has 0 saturated carbocycles. The maximum atomic E-state index is 12.9. The van der Waals surface area contributed by atoms with Crippen LogP contribution in [0.15, 0.2) is 57.9 Å². The number of nitrogens with one attached hydrogen (secondary N) is 1. The van der Waals surface area contributed by atoms with Gasteiger partial charge < -0.3 is 26.2 Å². The minimum atomic E-state index is -1.47. The van der Waals surface area contributed by atoms with Gasteiger partial charge >= 0.3 is 0 Å². The van der Waals surface area contributed by atoms with Crippen LogP contribution >= 0.6 is 34.4 Å². The van der Waals surface area contributed by atoms with Crippen molar-refractivity contribution in [2.45, 2.75) is 18.0 Å². The van der Waals surface area contributed by atoms with E-state index in [4.69, 9.17) is 5.73 Å². The lowest BCUT2D eigenvalue weighted by molar-refractivity contribution is -0.689. The lowest BCUT2D eigenvalue weighted by atomic mass is 10.0. The maximum Gasteiger partial charge on any atom is 0.276 e. The third-order valence-corrected chi connectivity index (χ3v) is 8.39. The molecule has 12 nitrogen and oxygen atoms in total. The van der Waals surface area contributed by atoms with Gasteiger partial charge in [-0.25, -0.2) is 14.5 Å². The summed E-state index contributed by atoms with van der Waals surface area (Å²) in [6, 6.07) is 2.76. The van der Waals surface area contributed by atoms with Crippen molar-refractivity contribution in [2.75, 3.05) is 11.5 Å². The van der Waals surface area contributed by atoms with E-state index in [1.54, 1.807) is 6.20 Å². The molecule has 1 fully saturated rings. The summed E-state index contributed by atoms with van der Waals surface area (Å²) in [7, 11) is 0. The number of hydrogen-bond donors (Lipinski definition) is 3. The molecular formula is C21H17N7O5S3. The number of rotatable bonds is 7. The van der Waals surface area contributed by atoms with Crippen molar-refractivity contribution in [1.29, 1.82) is 0 Å². The molecule has 0 aromatic carbocycles. The third kappa shape index (κ3) is 4.31. The molecule has 36 heavy (non-hydrogen) atoms. The summed E-state index contributed by atoms with van der Waals surface area (Å²) in [5.41, 5.74) is 6.48. The van der Waals surface area contributed by atoms with Gasteiger partial charge in [0.25, 0.3) is 11.8 Å². The molecule has 4 N–H and O–H groups in total. The minimum Gasteiger partial charge on any atom is -0.543 e. The Bertz CT molecular complexity index is 1400. The highest BCUT2D eigenvalue weighted by atomic mass is 32.2. The van der Waals surface area contributed by atoms with E-state index in [0.717, 1.165) is 26.8 Å². The molecule has 2 atom stereocenters. The highest BCUT2D eigenvalue weighted by Gasteiger charge is 2.53. The maximum absolute atomic E-state index is 12.9. The predicted octanol–water partition coefficient (Wildman–Crippen LogP) is -0.581. The van der Waals surface area contributed by atoms with Crippen LogP contribution in [-0.4, -0.2) is 60.7 Å². The number of carboxylic acids is 1. The normalized spacial score (nSPS) is 19.6. The number of anilines is 1. The zero-order chi connectivity index (χ0) is 25.4. The highest BCUT2D eigenvalue weighted by molar-refractivity contribution is 8.00. The van der Waals surface area contributed by atoms with E-state index in [0.29, 0.717) is 11.3 Å². The zero-order valence-electron chi connectivity index (χ0n) is 18.2. The Hall–Kier alpha value is -3.82. The summed E-state index contributed by atoms with van der Waals surface area (Å²) in [5.74, 6) is -2.59. The van der Waals surface area contributed by atoms with Crippen LogP contribution in [0.25, 0.3) is 10.6 Å². The van der Waals surface area contributed by atoms with Gasteiger partial charge in [0.15, 0.2) is 29.8 Å². The smallest absolute Gasteiger partial charge is 0.276 e. The van der Waals surface area contributed by atoms with Crippen molar-refractivity contribution in [1.82, 2.24) is 20.2 Å². The van der Waals surface area contributed by atoms with Gasteiger partial charge in [0.1, 0.15) is 22.1 Å². The Balaban J connectivity index is 1.32. The van der Waals surface area contributed by atoms with Crippen molar-refractivity contribution in [2.24, 2.45) is 5.16 Å². The van der Waals surface area contributed by atoms with Gasteiger partial charge in [0.2, 0.25) is 0 Å². The van der Waals surface area contributed by atoms with E-state index in [1.807, 2.05) is 34.5 Å². The van der Waals surface area contributed by atoms with Crippen molar-refractivity contribution in [3.05, 3.63) is 58.4 Å². The first kappa shape index (κ1) is 23.9. The topological polar surface area (TPSA) is 178 Å². The second kappa shape index (κ2) is 9.67. The van der Waals surface area contributed by atoms with Gasteiger partial charge in [-0.05, 0) is 0 Å². The average molecular weight is 544 g/mol. The van der Waals surface area contributed by atoms with Crippen molar-refractivity contribution in [3.63, 3.8) is 0 Å². The van der Waals surface area contributed by atoms with Crippen LogP contribution in [0.3, 0.4) is 0 Å². The first-order valence-electron chi connectivity index (χ1n) is 10.4. The molecule has 2 aliphatic heterocycles. The second-order valence-corrected chi connectivity index (χ2v) is 10.6. The molecule has 0 radical (unpaired) electrons. The number of aromatic nitrogens is 3. The number of hydrogen-bond acceptors (Lipinski definition) is 12. The number of carboxylic acid groups (broad SMARTS) is 1. The Morgan fingerprint density at radius 3 is 2.72 bits per heavy atom. The lowest BCUT2D eigenvalue weighted by Crippen LogP contribution is -2.71. The monoisotopic (exact) mass is 543 g/mol. The Morgan fingerprint density at radius 1 is 1.33 bits per heavy atom. The molecule has 0 spiro atoms. The van der Waals surface area contributed by atoms with Crippen LogP contribution in [0.1, 0.15) is 5.69 Å². The number of nitrogens with zero attached hydrogens (tertiary/aromatic N) is 5. The van der Waals surface area contributed by atoms with Gasteiger partial charge in [0.05, 0.1) is 11.7 Å². The van der Waals surface area contributed by atoms with Gasteiger partial charge in [-0.3, -0.25) is 14.5 Å². The molecule has 1 saturated heterocycles. The van der Waals surface area contributed by atoms with E-state index < -0.39 is 34.9 Å². The second-order valence-electron chi connectivity index (χ2n) is 7.72. The number of fused-ring (bicyclic) bond motifs is 1. The van der Waals surface area contributed by atoms with Gasteiger partial charge in [-0.15, -0.1) is 34.4 Å². The zero-order valence-corrected chi connectivity index (χ0v) is 20.7. The molecule has 15 heteroatoms. The molecule has 2 aliphatic rings. The van der Waals surface area contributed by atoms with Gasteiger partial charge in [-0.1, -0.05) is 5.16 Å². The number of thioether (sulfide) groups is 1. The van der Waals surface area contributed by atoms with Crippen LogP contribution in [0.2, 0.25) is 0 Å². The molecule has 5 rings (SSSR count). The number of oxime groups is 1. The Kier molecular flexibility index (Phi) is 6.42. The molecule has 3 aromatic heterocycles. The number of carbonyl (C=O) groups excluding carboxylic acids is 3. The quantitative estimate of drug-likeness (QED) is 0.116. The summed E-state index contributed by atoms with van der Waals surface area (Å²) in [4.78, 5) is 46.9. The predicted molar refractivity (Wildman–Crippen MR) is 130 cm³/mol. The summed E-state index contributed by atoms with van der Waals surface area (Å²) < 4.78 is 1.81. The summed E-state index contributed by atoms with van der Waals surface area (Å²) in [6.45, 7) is 0.245. The standard InChI is InChI=1S/C21H17N7O5S3/c22-21-24-12(9-36-21)13(26-33)16(29)25-14-18(30)28-15(20(31)32)11(8-35-19(14)28)7-27-4-1-10(2-5-27)17-23-3-6-34-17/h1-6,9,14,19H,7-8H2,(H4-,22,24,25,29,31,32,33)/t14-,19+/m1/s1. The Labute approximate surface area is 215 Å². The molecule has 2 amide bonds. The highest BCUT2D eigenvalue weighted by Crippen LogP contribution is 2.40. The fraction of sp³-hybridized carbons (Fsp3) is 0.190. The summed E-state index contributed by atoms with van der Waals surface area (Å²) in [5, 5.41) is 30.5. The Morgan fingerprint density at radius 2 is 2.11 bits per heavy atom. The SMILES string of the molecule is Nc1nc(C(=NO)C(=O)N[C@@H]2C(=O)N3C(C(=O)[O-])=C(C[n+]4ccc(-c5nccs5)cc4)CS[C@@H]23)cs1. The van der Waals surface area contributed by atoms with Crippen molar-refractivity contribution >= 4 is 63.1 Å². The van der Waals surface area contributed by atoms with E-state index in [9.17, 15) is 24.7 Å². The molecule has 0 bridgehead atoms. The molecule has 184 valence electrons. The van der Waals surface area contributed by atoms with Crippen LogP contribution in [0, 0.1) is 0 Å². The fourth-order valence-electron chi connectivity index (χ4n) is 3.90. The number of thiazole rings is 2. The molecule has 5 heterocycles. The van der Waals surface area contributed by atoms with E-state index in [2.05, 4.69) is 20.4 Å². The number of pyridine rings is 1. The van der Waals surface area contributed by atoms with Crippen LogP contribution in [-0.2, 0) is 20.9 Å². The number of aliphatic carboxylic acids is 1. The molecule has 0 aliphatic carbocycles. The number of β-lactam (4-membered cyclic amide) rings is 1. The molecular weight excluding hydrogens is 526 g/mol. The van der Waals surface area contributed by atoms with Crippen LogP contribution in [0.4, 0.5) is 5.13 Å². The third-order valence-electron chi connectivity index (χ3n) is 5.55. The van der Waals surface area contributed by atoms with Crippen LogP contribution < -0.4 is 20.7 Å². The number of carbonyl (C=O) groups is 3. The van der Waals surface area contributed by atoms with Gasteiger partial charge in [0, 0.05) is 46.0 Å². The minimum absolute atomic E-state index is 0.0629. The fourth-order valence-corrected chi connectivity index (χ4v) is 6.43. The van der Waals surface area contributed by atoms with Crippen LogP contribution in [0.5, 0.6) is 0 Å². The first-order chi connectivity index (χ1) is 17.4. The molecule has 0 unspecified atom stereocenters. The number of nitrogen functional groups attached to an aromatic ring is 1. The first-order valence-corrected chi connectivity index (χ1v) is 13.2. The van der Waals surface area contributed by atoms with E-state index >= 15 is 0 Å². The average Bonchev–Trinajstić information content (AvgIpc) is 3.55.